The first-order valence-corrected chi connectivity index (χ1v) is 12.0. The summed E-state index contributed by atoms with van der Waals surface area (Å²) in [4.78, 5) is 18.2. The number of hydrogen-bond acceptors (Lipinski definition) is 3. The maximum atomic E-state index is 12.3. The van der Waals surface area contributed by atoms with Crippen LogP contribution in [0, 0.1) is 0 Å². The van der Waals surface area contributed by atoms with E-state index in [1.165, 1.54) is 23.1 Å². The predicted molar refractivity (Wildman–Crippen MR) is 132 cm³/mol. The molecule has 0 radical (unpaired) electrons. The normalized spacial score (nSPS) is 14.5. The molecule has 4 nitrogen and oxygen atoms in total. The molecule has 1 aliphatic heterocycles. The number of carbonyl (C=O) groups is 1. The van der Waals surface area contributed by atoms with E-state index in [0.29, 0.717) is 12.2 Å². The van der Waals surface area contributed by atoms with E-state index in [4.69, 9.17) is 4.74 Å². The highest BCUT2D eigenvalue weighted by atomic mass is 16.5. The Bertz CT molecular complexity index is 1050. The number of aryl methyl sites for hydroxylation is 1. The maximum absolute atomic E-state index is 12.3. The van der Waals surface area contributed by atoms with E-state index >= 15 is 0 Å². The summed E-state index contributed by atoms with van der Waals surface area (Å²) in [5.41, 5.74) is 5.85. The van der Waals surface area contributed by atoms with Crippen LogP contribution in [0.4, 0.5) is 0 Å². The SMILES string of the molecule is CCCCOC(=O)c1ccc2[nH]cc(CCCCN3CC=C(c4ccccc4)CC3)c2c1. The number of fused-ring (bicyclic) bond motifs is 1. The third-order valence-electron chi connectivity index (χ3n) is 6.34. The molecule has 1 aromatic heterocycles. The molecule has 1 aliphatic rings. The lowest BCUT2D eigenvalue weighted by atomic mass is 9.99. The van der Waals surface area contributed by atoms with E-state index in [2.05, 4.69) is 59.4 Å². The molecule has 0 spiro atoms. The van der Waals surface area contributed by atoms with Gasteiger partial charge in [0.25, 0.3) is 0 Å². The molecule has 0 saturated heterocycles. The number of nitrogens with one attached hydrogen (secondary N) is 1. The molecule has 0 unspecified atom stereocenters. The molecule has 0 aliphatic carbocycles. The average Bonchev–Trinajstić information content (AvgIpc) is 3.25. The lowest BCUT2D eigenvalue weighted by molar-refractivity contribution is 0.0500. The summed E-state index contributed by atoms with van der Waals surface area (Å²) in [7, 11) is 0. The van der Waals surface area contributed by atoms with Gasteiger partial charge in [-0.25, -0.2) is 4.79 Å². The van der Waals surface area contributed by atoms with Gasteiger partial charge in [0.1, 0.15) is 0 Å². The van der Waals surface area contributed by atoms with Crippen LogP contribution in [0.1, 0.15) is 60.5 Å². The number of hydrogen-bond donors (Lipinski definition) is 1. The number of unbranched alkanes of at least 4 members (excludes halogenated alkanes) is 2. The Hall–Kier alpha value is -2.85. The summed E-state index contributed by atoms with van der Waals surface area (Å²) in [6, 6.07) is 16.5. The fourth-order valence-electron chi connectivity index (χ4n) is 4.38. The highest BCUT2D eigenvalue weighted by Crippen LogP contribution is 2.24. The van der Waals surface area contributed by atoms with Crippen molar-refractivity contribution in [2.24, 2.45) is 0 Å². The molecule has 0 bridgehead atoms. The summed E-state index contributed by atoms with van der Waals surface area (Å²) in [6.07, 6.45) is 10.9. The topological polar surface area (TPSA) is 45.3 Å². The Kier molecular flexibility index (Phi) is 7.78. The molecule has 0 saturated carbocycles. The van der Waals surface area contributed by atoms with Crippen molar-refractivity contribution in [3.8, 4) is 0 Å². The van der Waals surface area contributed by atoms with Crippen molar-refractivity contribution in [3.63, 3.8) is 0 Å². The van der Waals surface area contributed by atoms with Crippen LogP contribution in [-0.2, 0) is 11.2 Å². The molecule has 168 valence electrons. The summed E-state index contributed by atoms with van der Waals surface area (Å²) in [6.45, 7) is 5.90. The first kappa shape index (κ1) is 22.3. The van der Waals surface area contributed by atoms with Gasteiger partial charge in [-0.1, -0.05) is 49.8 Å². The van der Waals surface area contributed by atoms with Crippen LogP contribution in [0.2, 0.25) is 0 Å². The molecule has 32 heavy (non-hydrogen) atoms. The molecule has 2 aromatic carbocycles. The Morgan fingerprint density at radius 3 is 2.75 bits per heavy atom. The van der Waals surface area contributed by atoms with Crippen molar-refractivity contribution in [3.05, 3.63) is 77.5 Å². The monoisotopic (exact) mass is 430 g/mol. The minimum Gasteiger partial charge on any atom is -0.462 e. The molecule has 3 aromatic rings. The van der Waals surface area contributed by atoms with Gasteiger partial charge in [-0.05, 0) is 73.5 Å². The van der Waals surface area contributed by atoms with E-state index in [9.17, 15) is 4.79 Å². The number of ether oxygens (including phenoxy) is 1. The van der Waals surface area contributed by atoms with Gasteiger partial charge in [-0.3, -0.25) is 4.90 Å². The van der Waals surface area contributed by atoms with Gasteiger partial charge in [0, 0.05) is 30.2 Å². The number of esters is 1. The summed E-state index contributed by atoms with van der Waals surface area (Å²) in [5.74, 6) is -0.222. The largest absolute Gasteiger partial charge is 0.462 e. The van der Waals surface area contributed by atoms with Gasteiger partial charge in [0.05, 0.1) is 12.2 Å². The van der Waals surface area contributed by atoms with Crippen LogP contribution < -0.4 is 0 Å². The Labute approximate surface area is 191 Å². The van der Waals surface area contributed by atoms with Gasteiger partial charge in [0.2, 0.25) is 0 Å². The van der Waals surface area contributed by atoms with Crippen LogP contribution in [-0.4, -0.2) is 42.1 Å². The molecule has 4 rings (SSSR count). The predicted octanol–water partition coefficient (Wildman–Crippen LogP) is 6.24. The van der Waals surface area contributed by atoms with Crippen LogP contribution in [0.15, 0.2) is 60.8 Å². The minimum absolute atomic E-state index is 0.222. The summed E-state index contributed by atoms with van der Waals surface area (Å²) < 4.78 is 5.38. The minimum atomic E-state index is -0.222. The van der Waals surface area contributed by atoms with Crippen LogP contribution >= 0.6 is 0 Å². The second kappa shape index (κ2) is 11.1. The lowest BCUT2D eigenvalue weighted by Crippen LogP contribution is -2.29. The number of aromatic nitrogens is 1. The summed E-state index contributed by atoms with van der Waals surface area (Å²) in [5, 5.41) is 1.14. The fourth-order valence-corrected chi connectivity index (χ4v) is 4.38. The van der Waals surface area contributed by atoms with E-state index in [1.807, 2.05) is 18.2 Å². The van der Waals surface area contributed by atoms with Gasteiger partial charge >= 0.3 is 5.97 Å². The van der Waals surface area contributed by atoms with Crippen molar-refractivity contribution in [1.29, 1.82) is 0 Å². The Balaban J connectivity index is 1.26. The highest BCUT2D eigenvalue weighted by Gasteiger charge is 2.13. The third-order valence-corrected chi connectivity index (χ3v) is 6.34. The van der Waals surface area contributed by atoms with Crippen molar-refractivity contribution >= 4 is 22.4 Å². The average molecular weight is 431 g/mol. The molecule has 1 N–H and O–H groups in total. The van der Waals surface area contributed by atoms with Gasteiger partial charge in [-0.2, -0.15) is 0 Å². The summed E-state index contributed by atoms with van der Waals surface area (Å²) >= 11 is 0. The molecular formula is C28H34N2O2. The van der Waals surface area contributed by atoms with E-state index in [0.717, 1.165) is 62.6 Å². The molecule has 0 atom stereocenters. The molecule has 2 heterocycles. The van der Waals surface area contributed by atoms with E-state index in [-0.39, 0.29) is 5.97 Å². The van der Waals surface area contributed by atoms with E-state index < -0.39 is 0 Å². The van der Waals surface area contributed by atoms with Crippen LogP contribution in [0.5, 0.6) is 0 Å². The number of carbonyl (C=O) groups excluding carboxylic acids is 1. The lowest BCUT2D eigenvalue weighted by Gasteiger charge is -2.26. The Morgan fingerprint density at radius 2 is 1.97 bits per heavy atom. The van der Waals surface area contributed by atoms with Crippen molar-refractivity contribution in [2.75, 3.05) is 26.2 Å². The number of H-pyrrole nitrogens is 1. The smallest absolute Gasteiger partial charge is 0.338 e. The first-order chi connectivity index (χ1) is 15.7. The Morgan fingerprint density at radius 1 is 1.09 bits per heavy atom. The number of benzene rings is 2. The third kappa shape index (κ3) is 5.68. The zero-order valence-electron chi connectivity index (χ0n) is 19.1. The quantitative estimate of drug-likeness (QED) is 0.306. The van der Waals surface area contributed by atoms with Crippen LogP contribution in [0.25, 0.3) is 16.5 Å². The zero-order valence-corrected chi connectivity index (χ0v) is 19.1. The number of rotatable bonds is 10. The van der Waals surface area contributed by atoms with Crippen LogP contribution in [0.3, 0.4) is 0 Å². The second-order valence-electron chi connectivity index (χ2n) is 8.67. The zero-order chi connectivity index (χ0) is 22.2. The highest BCUT2D eigenvalue weighted by molar-refractivity contribution is 5.95. The fraction of sp³-hybridized carbons (Fsp3) is 0.393. The van der Waals surface area contributed by atoms with Crippen molar-refractivity contribution < 1.29 is 9.53 Å². The maximum Gasteiger partial charge on any atom is 0.338 e. The van der Waals surface area contributed by atoms with Crippen molar-refractivity contribution in [2.45, 2.75) is 45.4 Å². The number of aromatic amines is 1. The van der Waals surface area contributed by atoms with Crippen molar-refractivity contribution in [1.82, 2.24) is 9.88 Å². The second-order valence-corrected chi connectivity index (χ2v) is 8.67. The van der Waals surface area contributed by atoms with Gasteiger partial charge in [-0.15, -0.1) is 0 Å². The molecular weight excluding hydrogens is 396 g/mol. The molecule has 0 fully saturated rings. The molecule has 0 amide bonds. The standard InChI is InChI=1S/C28H34N2O2/c1-2-3-19-32-28(31)24-12-13-27-26(20-24)25(21-29-27)11-7-8-16-30-17-14-23(15-18-30)22-9-5-4-6-10-22/h4-6,9-10,12-14,20-21,29H,2-3,7-8,11,15-19H2,1H3. The first-order valence-electron chi connectivity index (χ1n) is 12.0. The van der Waals surface area contributed by atoms with E-state index in [1.54, 1.807) is 0 Å². The van der Waals surface area contributed by atoms with Gasteiger partial charge in [0.15, 0.2) is 0 Å². The van der Waals surface area contributed by atoms with Gasteiger partial charge < -0.3 is 9.72 Å². The molecule has 4 heteroatoms. The number of nitrogens with zero attached hydrogens (tertiary/aromatic N) is 1.